The lowest BCUT2D eigenvalue weighted by atomic mass is 10.2. The summed E-state index contributed by atoms with van der Waals surface area (Å²) in [4.78, 5) is 16.0. The fourth-order valence-electron chi connectivity index (χ4n) is 2.44. The van der Waals surface area contributed by atoms with Gasteiger partial charge in [0.05, 0.1) is 25.1 Å². The average Bonchev–Trinajstić information content (AvgIpc) is 2.84. The van der Waals surface area contributed by atoms with Crippen LogP contribution < -0.4 is 4.90 Å². The number of aliphatic hydroxyl groups excluding tert-OH is 1. The number of β-amino-alcohol motifs (C(OH)–C–C–N with tert-alkyl or cyclic N) is 1. The first kappa shape index (κ1) is 15.8. The molecule has 1 N–H and O–H groups in total. The molecule has 1 aliphatic heterocycles. The standard InChI is InChI=1S/C15H18ClN3O2/c16-12-3-1-4-13(9-12)19(7-2-6-17)15(21)11-18-8-5-14(20)10-18/h1,3-4,9,14,20H,2,5,7-8,10-11H2/t14-/m0/s1. The highest BCUT2D eigenvalue weighted by Crippen LogP contribution is 2.20. The van der Waals surface area contributed by atoms with Crippen LogP contribution in [0.25, 0.3) is 0 Å². The summed E-state index contributed by atoms with van der Waals surface area (Å²) >= 11 is 5.97. The van der Waals surface area contributed by atoms with Crippen molar-refractivity contribution in [2.24, 2.45) is 0 Å². The van der Waals surface area contributed by atoms with Crippen LogP contribution in [0.5, 0.6) is 0 Å². The predicted molar refractivity (Wildman–Crippen MR) is 81.1 cm³/mol. The molecule has 0 spiro atoms. The topological polar surface area (TPSA) is 67.6 Å². The van der Waals surface area contributed by atoms with E-state index >= 15 is 0 Å². The van der Waals surface area contributed by atoms with Crippen LogP contribution in [0.1, 0.15) is 12.8 Å². The Morgan fingerprint density at radius 2 is 2.38 bits per heavy atom. The van der Waals surface area contributed by atoms with E-state index in [2.05, 4.69) is 6.07 Å². The molecule has 6 heteroatoms. The third-order valence-corrected chi connectivity index (χ3v) is 3.71. The minimum atomic E-state index is -0.350. The third-order valence-electron chi connectivity index (χ3n) is 3.47. The second-order valence-electron chi connectivity index (χ2n) is 5.11. The minimum absolute atomic E-state index is 0.0818. The van der Waals surface area contributed by atoms with Crippen molar-refractivity contribution >= 4 is 23.2 Å². The third kappa shape index (κ3) is 4.43. The van der Waals surface area contributed by atoms with Gasteiger partial charge in [-0.25, -0.2) is 0 Å². The zero-order valence-electron chi connectivity index (χ0n) is 11.7. The van der Waals surface area contributed by atoms with Gasteiger partial charge in [0.15, 0.2) is 0 Å². The van der Waals surface area contributed by atoms with Crippen molar-refractivity contribution in [3.8, 4) is 6.07 Å². The molecule has 1 saturated heterocycles. The number of halogens is 1. The van der Waals surface area contributed by atoms with E-state index in [0.29, 0.717) is 36.8 Å². The van der Waals surface area contributed by atoms with Crippen molar-refractivity contribution in [2.45, 2.75) is 18.9 Å². The lowest BCUT2D eigenvalue weighted by Gasteiger charge is -2.24. The van der Waals surface area contributed by atoms with Crippen molar-refractivity contribution in [3.05, 3.63) is 29.3 Å². The molecular formula is C15H18ClN3O2. The van der Waals surface area contributed by atoms with E-state index in [0.717, 1.165) is 0 Å². The molecule has 0 aromatic heterocycles. The summed E-state index contributed by atoms with van der Waals surface area (Å²) in [6.07, 6.45) is 0.611. The number of carbonyl (C=O) groups excluding carboxylic acids is 1. The first-order valence-corrected chi connectivity index (χ1v) is 7.31. The van der Waals surface area contributed by atoms with Crippen molar-refractivity contribution in [1.82, 2.24) is 4.90 Å². The number of amides is 1. The number of anilines is 1. The molecule has 112 valence electrons. The minimum Gasteiger partial charge on any atom is -0.392 e. The van der Waals surface area contributed by atoms with Gasteiger partial charge in [0.1, 0.15) is 0 Å². The number of likely N-dealkylation sites (tertiary alicyclic amines) is 1. The Bertz CT molecular complexity index is 544. The summed E-state index contributed by atoms with van der Waals surface area (Å²) < 4.78 is 0. The van der Waals surface area contributed by atoms with Gasteiger partial charge in [-0.15, -0.1) is 0 Å². The van der Waals surface area contributed by atoms with Crippen LogP contribution in [0.15, 0.2) is 24.3 Å². The number of rotatable bonds is 5. The van der Waals surface area contributed by atoms with Gasteiger partial charge in [0.2, 0.25) is 5.91 Å². The van der Waals surface area contributed by atoms with Crippen LogP contribution in [0.3, 0.4) is 0 Å². The smallest absolute Gasteiger partial charge is 0.241 e. The molecule has 0 saturated carbocycles. The summed E-state index contributed by atoms with van der Waals surface area (Å²) in [5.74, 6) is -0.0818. The van der Waals surface area contributed by atoms with Crippen molar-refractivity contribution in [3.63, 3.8) is 0 Å². The molecule has 1 heterocycles. The second kappa shape index (κ2) is 7.41. The molecule has 0 aliphatic carbocycles. The molecule has 0 unspecified atom stereocenters. The number of benzene rings is 1. The van der Waals surface area contributed by atoms with Crippen LogP contribution in [0.4, 0.5) is 5.69 Å². The SMILES string of the molecule is N#CCCN(C(=O)CN1CC[C@H](O)C1)c1cccc(Cl)c1. The largest absolute Gasteiger partial charge is 0.392 e. The van der Waals surface area contributed by atoms with Crippen LogP contribution in [-0.4, -0.2) is 48.2 Å². The zero-order valence-corrected chi connectivity index (χ0v) is 12.5. The van der Waals surface area contributed by atoms with Gasteiger partial charge < -0.3 is 10.0 Å². The lowest BCUT2D eigenvalue weighted by molar-refractivity contribution is -0.119. The van der Waals surface area contributed by atoms with E-state index in [1.54, 1.807) is 29.2 Å². The van der Waals surface area contributed by atoms with Gasteiger partial charge in [0, 0.05) is 30.3 Å². The Labute approximate surface area is 129 Å². The van der Waals surface area contributed by atoms with E-state index in [1.165, 1.54) is 0 Å². The maximum atomic E-state index is 12.5. The van der Waals surface area contributed by atoms with Gasteiger partial charge in [0.25, 0.3) is 0 Å². The number of nitriles is 1. The molecular weight excluding hydrogens is 290 g/mol. The van der Waals surface area contributed by atoms with Crippen molar-refractivity contribution in [2.75, 3.05) is 31.1 Å². The summed E-state index contributed by atoms with van der Waals surface area (Å²) in [6, 6.07) is 9.11. The highest BCUT2D eigenvalue weighted by atomic mass is 35.5. The number of carbonyl (C=O) groups is 1. The first-order valence-electron chi connectivity index (χ1n) is 6.93. The molecule has 0 bridgehead atoms. The monoisotopic (exact) mass is 307 g/mol. The predicted octanol–water partition coefficient (Wildman–Crippen LogP) is 1.65. The Hall–Kier alpha value is -1.61. The van der Waals surface area contributed by atoms with E-state index in [-0.39, 0.29) is 25.0 Å². The quantitative estimate of drug-likeness (QED) is 0.898. The fraction of sp³-hybridized carbons (Fsp3) is 0.467. The Balaban J connectivity index is 2.08. The maximum Gasteiger partial charge on any atom is 0.241 e. The molecule has 1 aromatic carbocycles. The molecule has 2 rings (SSSR count). The highest BCUT2D eigenvalue weighted by Gasteiger charge is 2.25. The van der Waals surface area contributed by atoms with Crippen LogP contribution in [0.2, 0.25) is 5.02 Å². The van der Waals surface area contributed by atoms with Gasteiger partial charge >= 0.3 is 0 Å². The van der Waals surface area contributed by atoms with Crippen LogP contribution in [0, 0.1) is 11.3 Å². The number of hydrogen-bond acceptors (Lipinski definition) is 4. The summed E-state index contributed by atoms with van der Waals surface area (Å²) in [7, 11) is 0. The molecule has 1 aliphatic rings. The van der Waals surface area contributed by atoms with E-state index in [9.17, 15) is 9.90 Å². The van der Waals surface area contributed by atoms with Gasteiger partial charge in [-0.3, -0.25) is 9.69 Å². The molecule has 1 amide bonds. The maximum absolute atomic E-state index is 12.5. The summed E-state index contributed by atoms with van der Waals surface area (Å²) in [6.45, 7) is 1.82. The lowest BCUT2D eigenvalue weighted by Crippen LogP contribution is -2.40. The van der Waals surface area contributed by atoms with Gasteiger partial charge in [-0.05, 0) is 24.6 Å². The van der Waals surface area contributed by atoms with E-state index in [1.807, 2.05) is 4.90 Å². The normalized spacial score (nSPS) is 18.4. The van der Waals surface area contributed by atoms with Crippen LogP contribution in [-0.2, 0) is 4.79 Å². The number of aliphatic hydroxyl groups is 1. The zero-order chi connectivity index (χ0) is 15.2. The number of nitrogens with zero attached hydrogens (tertiary/aromatic N) is 3. The Morgan fingerprint density at radius 3 is 3.00 bits per heavy atom. The molecule has 21 heavy (non-hydrogen) atoms. The molecule has 5 nitrogen and oxygen atoms in total. The van der Waals surface area contributed by atoms with Gasteiger partial charge in [-0.1, -0.05) is 17.7 Å². The number of hydrogen-bond donors (Lipinski definition) is 1. The molecule has 1 atom stereocenters. The van der Waals surface area contributed by atoms with E-state index in [4.69, 9.17) is 16.9 Å². The first-order chi connectivity index (χ1) is 10.1. The second-order valence-corrected chi connectivity index (χ2v) is 5.55. The Morgan fingerprint density at radius 1 is 1.57 bits per heavy atom. The highest BCUT2D eigenvalue weighted by molar-refractivity contribution is 6.30. The average molecular weight is 308 g/mol. The van der Waals surface area contributed by atoms with Crippen LogP contribution >= 0.6 is 11.6 Å². The molecule has 1 aromatic rings. The fourth-order valence-corrected chi connectivity index (χ4v) is 2.62. The summed E-state index contributed by atoms with van der Waals surface area (Å²) in [5.41, 5.74) is 0.697. The van der Waals surface area contributed by atoms with Crippen molar-refractivity contribution in [1.29, 1.82) is 5.26 Å². The van der Waals surface area contributed by atoms with Gasteiger partial charge in [-0.2, -0.15) is 5.26 Å². The molecule has 0 radical (unpaired) electrons. The van der Waals surface area contributed by atoms with Crippen molar-refractivity contribution < 1.29 is 9.90 Å². The Kier molecular flexibility index (Phi) is 5.57. The molecule has 1 fully saturated rings. The summed E-state index contributed by atoms with van der Waals surface area (Å²) in [5, 5.41) is 18.8. The van der Waals surface area contributed by atoms with E-state index < -0.39 is 0 Å².